The third-order valence-corrected chi connectivity index (χ3v) is 4.51. The molecule has 0 saturated heterocycles. The minimum atomic E-state index is -0.435. The molecule has 0 atom stereocenters. The lowest BCUT2D eigenvalue weighted by molar-refractivity contribution is 0.404. The fraction of sp³-hybridized carbons (Fsp3) is 0.182. The van der Waals surface area contributed by atoms with Gasteiger partial charge in [0.1, 0.15) is 23.1 Å². The normalized spacial score (nSPS) is 10.3. The van der Waals surface area contributed by atoms with Gasteiger partial charge < -0.3 is 14.5 Å². The molecular weight excluding hydrogens is 340 g/mol. The molecule has 0 aliphatic heterocycles. The number of pyridine rings is 1. The first-order chi connectivity index (χ1) is 13.0. The molecule has 2 aromatic carbocycles. The maximum Gasteiger partial charge on any atom is 0.266 e. The van der Waals surface area contributed by atoms with Gasteiger partial charge in [0.05, 0.1) is 14.2 Å². The van der Waals surface area contributed by atoms with E-state index >= 15 is 0 Å². The van der Waals surface area contributed by atoms with E-state index in [-0.39, 0.29) is 5.56 Å². The van der Waals surface area contributed by atoms with Crippen LogP contribution in [0.25, 0.3) is 22.4 Å². The van der Waals surface area contributed by atoms with Crippen LogP contribution in [0.15, 0.2) is 47.3 Å². The highest BCUT2D eigenvalue weighted by Gasteiger charge is 2.17. The highest BCUT2D eigenvalue weighted by molar-refractivity contribution is 5.80. The number of methoxy groups -OCH3 is 2. The molecular formula is C22H20N2O3. The van der Waals surface area contributed by atoms with Crippen LogP contribution >= 0.6 is 0 Å². The maximum atomic E-state index is 12.6. The summed E-state index contributed by atoms with van der Waals surface area (Å²) in [7, 11) is 3.12. The van der Waals surface area contributed by atoms with E-state index in [1.807, 2.05) is 38.1 Å². The zero-order valence-electron chi connectivity index (χ0n) is 15.7. The van der Waals surface area contributed by atoms with Gasteiger partial charge in [-0.2, -0.15) is 5.26 Å². The Bertz CT molecular complexity index is 1110. The summed E-state index contributed by atoms with van der Waals surface area (Å²) in [5, 5.41) is 9.56. The van der Waals surface area contributed by atoms with Crippen LogP contribution in [0, 0.1) is 25.2 Å². The molecule has 1 N–H and O–H groups in total. The number of hydrogen-bond donors (Lipinski definition) is 1. The SMILES string of the molecule is COc1ccc(OC)c(-c2cc(-c3ccc(C)cc3C)[nH]c(=O)c2C#N)c1. The number of nitriles is 1. The summed E-state index contributed by atoms with van der Waals surface area (Å²) in [6.45, 7) is 4.01. The quantitative estimate of drug-likeness (QED) is 0.756. The topological polar surface area (TPSA) is 75.1 Å². The summed E-state index contributed by atoms with van der Waals surface area (Å²) >= 11 is 0. The predicted molar refractivity (Wildman–Crippen MR) is 105 cm³/mol. The zero-order valence-corrected chi connectivity index (χ0v) is 15.7. The lowest BCUT2D eigenvalue weighted by atomic mass is 9.96. The van der Waals surface area contributed by atoms with E-state index in [4.69, 9.17) is 9.47 Å². The molecule has 5 heteroatoms. The standard InChI is InChI=1S/C22H20N2O3/c1-13-5-7-16(14(2)9-13)20-11-17(19(12-23)22(25)24-20)18-10-15(26-3)6-8-21(18)27-4/h5-11H,1-4H3,(H,24,25). The van der Waals surface area contributed by atoms with Crippen LogP contribution in [0.5, 0.6) is 11.5 Å². The Kier molecular flexibility index (Phi) is 5.00. The molecule has 0 spiro atoms. The van der Waals surface area contributed by atoms with Crippen molar-refractivity contribution >= 4 is 0 Å². The Morgan fingerprint density at radius 1 is 0.926 bits per heavy atom. The third kappa shape index (κ3) is 3.42. The summed E-state index contributed by atoms with van der Waals surface area (Å²) in [6.07, 6.45) is 0. The Labute approximate surface area is 157 Å². The van der Waals surface area contributed by atoms with Crippen LogP contribution in [0.4, 0.5) is 0 Å². The van der Waals surface area contributed by atoms with E-state index in [1.54, 1.807) is 32.4 Å². The molecule has 0 radical (unpaired) electrons. The number of hydrogen-bond acceptors (Lipinski definition) is 4. The van der Waals surface area contributed by atoms with Crippen LogP contribution in [0.1, 0.15) is 16.7 Å². The molecule has 0 aliphatic carbocycles. The van der Waals surface area contributed by atoms with Gasteiger partial charge >= 0.3 is 0 Å². The summed E-state index contributed by atoms with van der Waals surface area (Å²) in [5.74, 6) is 1.17. The molecule has 0 bridgehead atoms. The maximum absolute atomic E-state index is 12.6. The Morgan fingerprint density at radius 3 is 2.33 bits per heavy atom. The number of aromatic amines is 1. The first kappa shape index (κ1) is 18.3. The molecule has 0 fully saturated rings. The van der Waals surface area contributed by atoms with Crippen molar-refractivity contribution in [3.8, 4) is 40.0 Å². The molecule has 1 aromatic heterocycles. The van der Waals surface area contributed by atoms with E-state index in [9.17, 15) is 10.1 Å². The average molecular weight is 360 g/mol. The monoisotopic (exact) mass is 360 g/mol. The molecule has 1 heterocycles. The molecule has 27 heavy (non-hydrogen) atoms. The van der Waals surface area contributed by atoms with Crippen molar-refractivity contribution in [2.24, 2.45) is 0 Å². The van der Waals surface area contributed by atoms with E-state index < -0.39 is 5.56 Å². The summed E-state index contributed by atoms with van der Waals surface area (Å²) in [4.78, 5) is 15.5. The third-order valence-electron chi connectivity index (χ3n) is 4.51. The summed E-state index contributed by atoms with van der Waals surface area (Å²) in [5.41, 5.74) is 4.48. The van der Waals surface area contributed by atoms with Gasteiger partial charge in [-0.05, 0) is 43.7 Å². The van der Waals surface area contributed by atoms with Gasteiger partial charge in [-0.25, -0.2) is 0 Å². The van der Waals surface area contributed by atoms with Gasteiger partial charge in [0.25, 0.3) is 5.56 Å². The van der Waals surface area contributed by atoms with Crippen LogP contribution in [0.2, 0.25) is 0 Å². The molecule has 0 saturated carbocycles. The number of nitrogens with zero attached hydrogens (tertiary/aromatic N) is 1. The largest absolute Gasteiger partial charge is 0.497 e. The van der Waals surface area contributed by atoms with Gasteiger partial charge in [0, 0.05) is 22.4 Å². The number of nitrogens with one attached hydrogen (secondary N) is 1. The van der Waals surface area contributed by atoms with Gasteiger partial charge in [0.15, 0.2) is 0 Å². The van der Waals surface area contributed by atoms with Crippen molar-refractivity contribution in [1.29, 1.82) is 5.26 Å². The predicted octanol–water partition coefficient (Wildman–Crippen LogP) is 4.21. The minimum Gasteiger partial charge on any atom is -0.497 e. The van der Waals surface area contributed by atoms with Crippen LogP contribution in [-0.2, 0) is 0 Å². The second kappa shape index (κ2) is 7.38. The van der Waals surface area contributed by atoms with Crippen LogP contribution in [-0.4, -0.2) is 19.2 Å². The lowest BCUT2D eigenvalue weighted by Crippen LogP contribution is -2.13. The number of H-pyrrole nitrogens is 1. The molecule has 0 aliphatic rings. The molecule has 5 nitrogen and oxygen atoms in total. The lowest BCUT2D eigenvalue weighted by Gasteiger charge is -2.14. The number of ether oxygens (including phenoxy) is 2. The Hall–Kier alpha value is -3.52. The number of rotatable bonds is 4. The zero-order chi connectivity index (χ0) is 19.6. The Morgan fingerprint density at radius 2 is 1.70 bits per heavy atom. The van der Waals surface area contributed by atoms with E-state index in [1.165, 1.54) is 0 Å². The van der Waals surface area contributed by atoms with Gasteiger partial charge in [-0.15, -0.1) is 0 Å². The molecule has 3 rings (SSSR count). The van der Waals surface area contributed by atoms with Crippen LogP contribution < -0.4 is 15.0 Å². The second-order valence-corrected chi connectivity index (χ2v) is 6.30. The molecule has 0 unspecified atom stereocenters. The first-order valence-electron chi connectivity index (χ1n) is 8.46. The first-order valence-corrected chi connectivity index (χ1v) is 8.46. The summed E-state index contributed by atoms with van der Waals surface area (Å²) < 4.78 is 10.7. The number of aryl methyl sites for hydroxylation is 2. The fourth-order valence-electron chi connectivity index (χ4n) is 3.17. The van der Waals surface area contributed by atoms with E-state index in [0.717, 1.165) is 16.7 Å². The van der Waals surface area contributed by atoms with Crippen LogP contribution in [0.3, 0.4) is 0 Å². The van der Waals surface area contributed by atoms with Crippen molar-refractivity contribution in [2.75, 3.05) is 14.2 Å². The Balaban J connectivity index is 2.32. The second-order valence-electron chi connectivity index (χ2n) is 6.30. The smallest absolute Gasteiger partial charge is 0.266 e. The number of aromatic nitrogens is 1. The van der Waals surface area contributed by atoms with Crippen molar-refractivity contribution in [1.82, 2.24) is 4.98 Å². The highest BCUT2D eigenvalue weighted by atomic mass is 16.5. The number of benzene rings is 2. The molecule has 3 aromatic rings. The van der Waals surface area contributed by atoms with Crippen molar-refractivity contribution in [2.45, 2.75) is 13.8 Å². The van der Waals surface area contributed by atoms with Gasteiger partial charge in [-0.3, -0.25) is 4.79 Å². The van der Waals surface area contributed by atoms with Crippen molar-refractivity contribution in [3.05, 3.63) is 69.5 Å². The molecule has 136 valence electrons. The fourth-order valence-corrected chi connectivity index (χ4v) is 3.17. The van der Waals surface area contributed by atoms with Gasteiger partial charge in [-0.1, -0.05) is 23.8 Å². The average Bonchev–Trinajstić information content (AvgIpc) is 2.66. The highest BCUT2D eigenvalue weighted by Crippen LogP contribution is 2.36. The minimum absolute atomic E-state index is 0.0371. The van der Waals surface area contributed by atoms with Crippen molar-refractivity contribution < 1.29 is 9.47 Å². The summed E-state index contributed by atoms with van der Waals surface area (Å²) in [6, 6.07) is 15.1. The van der Waals surface area contributed by atoms with Crippen molar-refractivity contribution in [3.63, 3.8) is 0 Å². The van der Waals surface area contributed by atoms with E-state index in [0.29, 0.717) is 28.3 Å². The van der Waals surface area contributed by atoms with Gasteiger partial charge in [0.2, 0.25) is 0 Å². The molecule has 0 amide bonds. The van der Waals surface area contributed by atoms with E-state index in [2.05, 4.69) is 11.1 Å².